The molecule has 3 N–H and O–H groups in total. The van der Waals surface area contributed by atoms with Crippen molar-refractivity contribution in [2.45, 2.75) is 11.6 Å². The predicted molar refractivity (Wildman–Crippen MR) is 89.3 cm³/mol. The van der Waals surface area contributed by atoms with Gasteiger partial charge in [-0.3, -0.25) is 0 Å². The van der Waals surface area contributed by atoms with Crippen molar-refractivity contribution in [1.29, 1.82) is 0 Å². The largest absolute Gasteiger partial charge is 0.377 e. The third-order valence-corrected chi connectivity index (χ3v) is 4.27. The van der Waals surface area contributed by atoms with Crippen molar-refractivity contribution in [3.63, 3.8) is 0 Å². The molecule has 0 spiro atoms. The van der Waals surface area contributed by atoms with Gasteiger partial charge in [0.05, 0.1) is 5.41 Å². The molecule has 0 aliphatic heterocycles. The van der Waals surface area contributed by atoms with Crippen LogP contribution in [0, 0.1) is 11.6 Å². The molecule has 1 atom stereocenters. The smallest absolute Gasteiger partial charge is 0.123 e. The van der Waals surface area contributed by atoms with Crippen LogP contribution < -0.4 is 5.73 Å². The summed E-state index contributed by atoms with van der Waals surface area (Å²) >= 11 is 0. The van der Waals surface area contributed by atoms with Crippen LogP contribution in [-0.4, -0.2) is 11.3 Å². The Morgan fingerprint density at radius 1 is 0.667 bits per heavy atom. The highest BCUT2D eigenvalue weighted by Gasteiger charge is 2.41. The maximum absolute atomic E-state index is 13.4. The molecule has 0 bridgehead atoms. The highest BCUT2D eigenvalue weighted by Crippen LogP contribution is 2.41. The molecule has 0 aliphatic carbocycles. The maximum atomic E-state index is 13.4. The maximum Gasteiger partial charge on any atom is 0.123 e. The summed E-state index contributed by atoms with van der Waals surface area (Å²) in [6, 6.07) is 20.8. The lowest BCUT2D eigenvalue weighted by Gasteiger charge is -2.38. The summed E-state index contributed by atoms with van der Waals surface area (Å²) in [6.07, 6.45) is -1.31. The second-order valence-corrected chi connectivity index (χ2v) is 5.63. The van der Waals surface area contributed by atoms with Crippen molar-refractivity contribution in [2.24, 2.45) is 5.73 Å². The summed E-state index contributed by atoms with van der Waals surface area (Å²) in [5, 5.41) is 10.6. The number of benzene rings is 3. The lowest BCUT2D eigenvalue weighted by molar-refractivity contribution is 0.128. The quantitative estimate of drug-likeness (QED) is 0.569. The number of hydrogen-bond donors (Lipinski definition) is 2. The summed E-state index contributed by atoms with van der Waals surface area (Å²) in [5.74, 6) is -0.766. The van der Waals surface area contributed by atoms with Crippen LogP contribution in [0.2, 0.25) is 0 Å². The Hall–Kier alpha value is -2.56. The van der Waals surface area contributed by atoms with Crippen molar-refractivity contribution in [3.05, 3.63) is 107 Å². The minimum absolute atomic E-state index is 0.383. The molecule has 122 valence electrons. The molecule has 0 radical (unpaired) electrons. The Kier molecular flexibility index (Phi) is 4.42. The molecule has 3 aromatic rings. The number of rotatable bonds is 4. The van der Waals surface area contributed by atoms with Gasteiger partial charge in [0.2, 0.25) is 0 Å². The lowest BCUT2D eigenvalue weighted by atomic mass is 9.68. The topological polar surface area (TPSA) is 46.2 Å². The molecule has 0 saturated carbocycles. The molecule has 0 amide bonds. The standard InChI is InChI=1S/C20H17F2NO/c21-17-10-6-15(7-11-17)20(19(23)24,14-4-2-1-3-5-14)16-8-12-18(22)13-9-16/h1-13,19,24H,23H2. The van der Waals surface area contributed by atoms with Crippen LogP contribution in [0.4, 0.5) is 8.78 Å². The van der Waals surface area contributed by atoms with Crippen LogP contribution in [0.3, 0.4) is 0 Å². The van der Waals surface area contributed by atoms with Crippen molar-refractivity contribution in [3.8, 4) is 0 Å². The number of aliphatic hydroxyl groups is 1. The predicted octanol–water partition coefficient (Wildman–Crippen LogP) is 3.58. The zero-order valence-electron chi connectivity index (χ0n) is 12.9. The van der Waals surface area contributed by atoms with Gasteiger partial charge in [0.25, 0.3) is 0 Å². The van der Waals surface area contributed by atoms with Crippen LogP contribution in [-0.2, 0) is 5.41 Å². The SMILES string of the molecule is NC(O)C(c1ccccc1)(c1ccc(F)cc1)c1ccc(F)cc1. The van der Waals surface area contributed by atoms with Gasteiger partial charge in [0.15, 0.2) is 0 Å². The fraction of sp³-hybridized carbons (Fsp3) is 0.100. The van der Waals surface area contributed by atoms with Crippen molar-refractivity contribution < 1.29 is 13.9 Å². The molecule has 0 saturated heterocycles. The molecular weight excluding hydrogens is 308 g/mol. The van der Waals surface area contributed by atoms with E-state index < -0.39 is 11.6 Å². The molecule has 1 unspecified atom stereocenters. The third kappa shape index (κ3) is 2.70. The summed E-state index contributed by atoms with van der Waals surface area (Å²) in [4.78, 5) is 0. The summed E-state index contributed by atoms with van der Waals surface area (Å²) in [7, 11) is 0. The first kappa shape index (κ1) is 16.3. The minimum Gasteiger partial charge on any atom is -0.377 e. The Bertz CT molecular complexity index is 754. The van der Waals surface area contributed by atoms with E-state index in [1.54, 1.807) is 24.3 Å². The van der Waals surface area contributed by atoms with Crippen molar-refractivity contribution >= 4 is 0 Å². The van der Waals surface area contributed by atoms with Crippen LogP contribution in [0.25, 0.3) is 0 Å². The molecule has 0 fully saturated rings. The van der Waals surface area contributed by atoms with E-state index in [0.29, 0.717) is 11.1 Å². The van der Waals surface area contributed by atoms with Gasteiger partial charge in [-0.25, -0.2) is 8.78 Å². The van der Waals surface area contributed by atoms with Gasteiger partial charge in [0, 0.05) is 0 Å². The Labute approximate surface area is 139 Å². The van der Waals surface area contributed by atoms with Crippen LogP contribution >= 0.6 is 0 Å². The molecule has 2 nitrogen and oxygen atoms in total. The first-order valence-electron chi connectivity index (χ1n) is 7.56. The fourth-order valence-corrected chi connectivity index (χ4v) is 3.14. The summed E-state index contributed by atoms with van der Waals surface area (Å²) in [6.45, 7) is 0. The molecule has 3 rings (SSSR count). The zero-order chi connectivity index (χ0) is 17.2. The van der Waals surface area contributed by atoms with Gasteiger partial charge in [0.1, 0.15) is 17.9 Å². The molecule has 4 heteroatoms. The third-order valence-electron chi connectivity index (χ3n) is 4.27. The molecule has 24 heavy (non-hydrogen) atoms. The summed E-state index contributed by atoms with van der Waals surface area (Å²) < 4.78 is 26.8. The highest BCUT2D eigenvalue weighted by molar-refractivity contribution is 5.51. The van der Waals surface area contributed by atoms with E-state index in [2.05, 4.69) is 0 Å². The average Bonchev–Trinajstić information content (AvgIpc) is 2.59. The van der Waals surface area contributed by atoms with E-state index in [1.807, 2.05) is 30.3 Å². The van der Waals surface area contributed by atoms with Gasteiger partial charge in [-0.05, 0) is 41.0 Å². The fourth-order valence-electron chi connectivity index (χ4n) is 3.14. The van der Waals surface area contributed by atoms with E-state index in [1.165, 1.54) is 24.3 Å². The first-order valence-corrected chi connectivity index (χ1v) is 7.56. The van der Waals surface area contributed by atoms with Crippen molar-refractivity contribution in [1.82, 2.24) is 0 Å². The van der Waals surface area contributed by atoms with E-state index in [0.717, 1.165) is 5.56 Å². The average molecular weight is 325 g/mol. The van der Waals surface area contributed by atoms with Crippen LogP contribution in [0.5, 0.6) is 0 Å². The second kappa shape index (κ2) is 6.51. The number of aliphatic hydroxyl groups excluding tert-OH is 1. The van der Waals surface area contributed by atoms with E-state index in [9.17, 15) is 13.9 Å². The number of nitrogens with two attached hydrogens (primary N) is 1. The van der Waals surface area contributed by atoms with E-state index in [-0.39, 0.29) is 11.6 Å². The minimum atomic E-state index is -1.31. The molecular formula is C20H17F2NO. The Balaban J connectivity index is 2.33. The molecule has 0 aromatic heterocycles. The highest BCUT2D eigenvalue weighted by atomic mass is 19.1. The van der Waals surface area contributed by atoms with E-state index in [4.69, 9.17) is 5.73 Å². The first-order chi connectivity index (χ1) is 11.5. The molecule has 0 aliphatic rings. The van der Waals surface area contributed by atoms with Gasteiger partial charge in [-0.1, -0.05) is 54.6 Å². The molecule has 0 heterocycles. The van der Waals surface area contributed by atoms with Crippen LogP contribution in [0.1, 0.15) is 16.7 Å². The Morgan fingerprint density at radius 3 is 1.42 bits per heavy atom. The monoisotopic (exact) mass is 325 g/mol. The van der Waals surface area contributed by atoms with Crippen LogP contribution in [0.15, 0.2) is 78.9 Å². The number of halogens is 2. The van der Waals surface area contributed by atoms with Gasteiger partial charge >= 0.3 is 0 Å². The van der Waals surface area contributed by atoms with Gasteiger partial charge in [-0.2, -0.15) is 0 Å². The number of hydrogen-bond acceptors (Lipinski definition) is 2. The zero-order valence-corrected chi connectivity index (χ0v) is 12.9. The molecule has 3 aromatic carbocycles. The van der Waals surface area contributed by atoms with Gasteiger partial charge in [-0.15, -0.1) is 0 Å². The van der Waals surface area contributed by atoms with E-state index >= 15 is 0 Å². The second-order valence-electron chi connectivity index (χ2n) is 5.63. The Morgan fingerprint density at radius 2 is 1.04 bits per heavy atom. The summed E-state index contributed by atoms with van der Waals surface area (Å²) in [5.41, 5.74) is 6.85. The lowest BCUT2D eigenvalue weighted by Crippen LogP contribution is -2.47. The normalized spacial score (nSPS) is 12.8. The van der Waals surface area contributed by atoms with Crippen molar-refractivity contribution in [2.75, 3.05) is 0 Å². The van der Waals surface area contributed by atoms with Gasteiger partial charge < -0.3 is 10.8 Å².